The minimum absolute atomic E-state index is 0.434. The summed E-state index contributed by atoms with van der Waals surface area (Å²) in [6, 6.07) is 12.8. The Labute approximate surface area is 123 Å². The quantitative estimate of drug-likeness (QED) is 0.708. The molecule has 110 valence electrons. The summed E-state index contributed by atoms with van der Waals surface area (Å²) in [4.78, 5) is 11.4. The van der Waals surface area contributed by atoms with Crippen molar-refractivity contribution in [3.8, 4) is 5.75 Å². The Morgan fingerprint density at radius 2 is 2.00 bits per heavy atom. The molecule has 0 aliphatic rings. The first kappa shape index (κ1) is 14.7. The molecule has 0 radical (unpaired) electrons. The number of methoxy groups -OCH3 is 1. The number of amides is 1. The van der Waals surface area contributed by atoms with Gasteiger partial charge in [0.1, 0.15) is 5.75 Å². The zero-order valence-electron chi connectivity index (χ0n) is 11.9. The first-order valence-electron chi connectivity index (χ1n) is 6.67. The van der Waals surface area contributed by atoms with E-state index in [0.717, 1.165) is 17.7 Å². The third-order valence-electron chi connectivity index (χ3n) is 3.21. The first-order chi connectivity index (χ1) is 10.1. The molecule has 5 heteroatoms. The Morgan fingerprint density at radius 3 is 2.71 bits per heavy atom. The summed E-state index contributed by atoms with van der Waals surface area (Å²) in [6.45, 7) is 0.643. The van der Waals surface area contributed by atoms with Gasteiger partial charge in [-0.25, -0.2) is 0 Å². The maximum atomic E-state index is 11.4. The maximum Gasteiger partial charge on any atom is 0.250 e. The summed E-state index contributed by atoms with van der Waals surface area (Å²) < 4.78 is 5.31. The number of hydrogen-bond acceptors (Lipinski definition) is 4. The molecule has 2 aromatic carbocycles. The first-order valence-corrected chi connectivity index (χ1v) is 6.67. The number of hydrogen-bond donors (Lipinski definition) is 3. The molecule has 0 saturated heterocycles. The van der Waals surface area contributed by atoms with Crippen LogP contribution in [-0.4, -0.2) is 19.6 Å². The van der Waals surface area contributed by atoms with Crippen molar-refractivity contribution < 1.29 is 9.53 Å². The molecule has 0 aromatic heterocycles. The standard InChI is InChI=1S/C16H19N3O2/c1-21-15-5-3-2-4-11(15)8-9-19-14-10-12(17)6-7-13(14)16(18)20/h2-7,10,19H,8-9,17H2,1H3,(H2,18,20). The van der Waals surface area contributed by atoms with Crippen LogP contribution < -0.4 is 21.5 Å². The summed E-state index contributed by atoms with van der Waals surface area (Å²) in [6.07, 6.45) is 0.761. The van der Waals surface area contributed by atoms with E-state index in [1.54, 1.807) is 25.3 Å². The molecule has 0 bridgehead atoms. The average molecular weight is 285 g/mol. The number of nitrogen functional groups attached to an aromatic ring is 1. The van der Waals surface area contributed by atoms with Crippen molar-refractivity contribution in [2.75, 3.05) is 24.7 Å². The van der Waals surface area contributed by atoms with Crippen molar-refractivity contribution in [3.63, 3.8) is 0 Å². The van der Waals surface area contributed by atoms with E-state index >= 15 is 0 Å². The highest BCUT2D eigenvalue weighted by atomic mass is 16.5. The number of carbonyl (C=O) groups is 1. The highest BCUT2D eigenvalue weighted by molar-refractivity contribution is 5.99. The Bertz CT molecular complexity index is 641. The van der Waals surface area contributed by atoms with Gasteiger partial charge in [0.2, 0.25) is 0 Å². The van der Waals surface area contributed by atoms with Gasteiger partial charge in [0.15, 0.2) is 0 Å². The second-order valence-corrected chi connectivity index (χ2v) is 4.66. The maximum absolute atomic E-state index is 11.4. The topological polar surface area (TPSA) is 90.4 Å². The van der Waals surface area contributed by atoms with E-state index in [2.05, 4.69) is 5.32 Å². The van der Waals surface area contributed by atoms with E-state index in [-0.39, 0.29) is 0 Å². The van der Waals surface area contributed by atoms with E-state index in [9.17, 15) is 4.79 Å². The molecule has 5 N–H and O–H groups in total. The molecule has 0 heterocycles. The normalized spacial score (nSPS) is 10.1. The lowest BCUT2D eigenvalue weighted by Crippen LogP contribution is -2.16. The number of rotatable bonds is 6. The molecule has 0 atom stereocenters. The van der Waals surface area contributed by atoms with Crippen molar-refractivity contribution in [1.29, 1.82) is 0 Å². The van der Waals surface area contributed by atoms with Crippen LogP contribution in [0.5, 0.6) is 5.75 Å². The minimum atomic E-state index is -0.477. The van der Waals surface area contributed by atoms with Crippen molar-refractivity contribution in [2.24, 2.45) is 5.73 Å². The second-order valence-electron chi connectivity index (χ2n) is 4.66. The van der Waals surface area contributed by atoms with Gasteiger partial charge in [-0.1, -0.05) is 18.2 Å². The van der Waals surface area contributed by atoms with Crippen molar-refractivity contribution in [3.05, 3.63) is 53.6 Å². The van der Waals surface area contributed by atoms with Gasteiger partial charge in [-0.15, -0.1) is 0 Å². The largest absolute Gasteiger partial charge is 0.496 e. The Morgan fingerprint density at radius 1 is 1.24 bits per heavy atom. The second kappa shape index (κ2) is 6.65. The van der Waals surface area contributed by atoms with Gasteiger partial charge < -0.3 is 21.5 Å². The number of benzene rings is 2. The van der Waals surface area contributed by atoms with Crippen LogP contribution in [0.15, 0.2) is 42.5 Å². The molecule has 0 aliphatic carbocycles. The zero-order chi connectivity index (χ0) is 15.2. The van der Waals surface area contributed by atoms with Crippen molar-refractivity contribution >= 4 is 17.3 Å². The molecular weight excluding hydrogens is 266 g/mol. The molecule has 1 amide bonds. The Hall–Kier alpha value is -2.69. The van der Waals surface area contributed by atoms with Crippen LogP contribution in [0, 0.1) is 0 Å². The predicted molar refractivity (Wildman–Crippen MR) is 84.6 cm³/mol. The summed E-state index contributed by atoms with van der Waals surface area (Å²) >= 11 is 0. The fraction of sp³-hybridized carbons (Fsp3) is 0.188. The Kier molecular flexibility index (Phi) is 4.66. The van der Waals surface area contributed by atoms with Crippen LogP contribution >= 0.6 is 0 Å². The average Bonchev–Trinajstić information content (AvgIpc) is 2.47. The van der Waals surface area contributed by atoms with Crippen LogP contribution in [0.3, 0.4) is 0 Å². The van der Waals surface area contributed by atoms with Crippen LogP contribution in [0.1, 0.15) is 15.9 Å². The molecule has 5 nitrogen and oxygen atoms in total. The number of nitrogens with two attached hydrogens (primary N) is 2. The van der Waals surface area contributed by atoms with Gasteiger partial charge in [-0.2, -0.15) is 0 Å². The highest BCUT2D eigenvalue weighted by Gasteiger charge is 2.08. The molecule has 0 unspecified atom stereocenters. The van der Waals surface area contributed by atoms with E-state index in [1.165, 1.54) is 0 Å². The lowest BCUT2D eigenvalue weighted by molar-refractivity contribution is 0.100. The van der Waals surface area contributed by atoms with Crippen LogP contribution in [0.4, 0.5) is 11.4 Å². The van der Waals surface area contributed by atoms with Gasteiger partial charge in [0, 0.05) is 17.9 Å². The third-order valence-corrected chi connectivity index (χ3v) is 3.21. The Balaban J connectivity index is 2.07. The molecule has 21 heavy (non-hydrogen) atoms. The number of nitrogens with one attached hydrogen (secondary N) is 1. The summed E-state index contributed by atoms with van der Waals surface area (Å²) in [5.41, 5.74) is 13.9. The smallest absolute Gasteiger partial charge is 0.250 e. The van der Waals surface area contributed by atoms with E-state index in [4.69, 9.17) is 16.2 Å². The van der Waals surface area contributed by atoms with Crippen LogP contribution in [0.2, 0.25) is 0 Å². The molecule has 0 aliphatic heterocycles. The van der Waals surface area contributed by atoms with E-state index in [1.807, 2.05) is 24.3 Å². The SMILES string of the molecule is COc1ccccc1CCNc1cc(N)ccc1C(N)=O. The number of ether oxygens (including phenoxy) is 1. The molecule has 2 rings (SSSR count). The molecule has 0 fully saturated rings. The molecular formula is C16H19N3O2. The molecule has 2 aromatic rings. The molecule has 0 saturated carbocycles. The lowest BCUT2D eigenvalue weighted by atomic mass is 10.1. The summed E-state index contributed by atoms with van der Waals surface area (Å²) in [7, 11) is 1.65. The van der Waals surface area contributed by atoms with Gasteiger partial charge in [-0.3, -0.25) is 4.79 Å². The molecule has 0 spiro atoms. The third kappa shape index (κ3) is 3.66. The van der Waals surface area contributed by atoms with Crippen molar-refractivity contribution in [1.82, 2.24) is 0 Å². The van der Waals surface area contributed by atoms with E-state index < -0.39 is 5.91 Å². The number of para-hydroxylation sites is 1. The minimum Gasteiger partial charge on any atom is -0.496 e. The summed E-state index contributed by atoms with van der Waals surface area (Å²) in [5.74, 6) is 0.372. The van der Waals surface area contributed by atoms with Gasteiger partial charge >= 0.3 is 0 Å². The summed E-state index contributed by atoms with van der Waals surface area (Å²) in [5, 5.41) is 3.20. The zero-order valence-corrected chi connectivity index (χ0v) is 11.9. The monoisotopic (exact) mass is 285 g/mol. The fourth-order valence-electron chi connectivity index (χ4n) is 2.16. The number of primary amides is 1. The lowest BCUT2D eigenvalue weighted by Gasteiger charge is -2.12. The van der Waals surface area contributed by atoms with Crippen LogP contribution in [-0.2, 0) is 6.42 Å². The number of carbonyl (C=O) groups excluding carboxylic acids is 1. The predicted octanol–water partition coefficient (Wildman–Crippen LogP) is 2.03. The number of anilines is 2. The van der Waals surface area contributed by atoms with Gasteiger partial charge in [-0.05, 0) is 36.2 Å². The van der Waals surface area contributed by atoms with Crippen LogP contribution in [0.25, 0.3) is 0 Å². The van der Waals surface area contributed by atoms with Gasteiger partial charge in [0.25, 0.3) is 5.91 Å². The van der Waals surface area contributed by atoms with Crippen molar-refractivity contribution in [2.45, 2.75) is 6.42 Å². The fourth-order valence-corrected chi connectivity index (χ4v) is 2.16. The van der Waals surface area contributed by atoms with E-state index in [0.29, 0.717) is 23.5 Å². The van der Waals surface area contributed by atoms with Gasteiger partial charge in [0.05, 0.1) is 12.7 Å². The highest BCUT2D eigenvalue weighted by Crippen LogP contribution is 2.21.